The lowest BCUT2D eigenvalue weighted by Crippen LogP contribution is -2.80. The van der Waals surface area contributed by atoms with Crippen molar-refractivity contribution in [2.45, 2.75) is 18.1 Å². The monoisotopic (exact) mass is 393 g/mol. The molecular weight excluding hydrogens is 366 g/mol. The first-order chi connectivity index (χ1) is 14.1. The van der Waals surface area contributed by atoms with E-state index in [9.17, 15) is 9.90 Å². The predicted octanol–water partition coefficient (Wildman–Crippen LogP) is 1.80. The van der Waals surface area contributed by atoms with Crippen molar-refractivity contribution in [3.8, 4) is 5.75 Å². The second-order valence-electron chi connectivity index (χ2n) is 8.47. The second-order valence-corrected chi connectivity index (χ2v) is 8.47. The summed E-state index contributed by atoms with van der Waals surface area (Å²) in [6.45, 7) is 6.35. The van der Waals surface area contributed by atoms with Crippen molar-refractivity contribution < 1.29 is 14.6 Å². The number of aromatic hydroxyl groups is 1. The maximum atomic E-state index is 13.1. The van der Waals surface area contributed by atoms with Gasteiger partial charge in [-0.05, 0) is 18.2 Å². The molecule has 5 rings (SSSR count). The van der Waals surface area contributed by atoms with Gasteiger partial charge in [-0.25, -0.2) is 0 Å². The van der Waals surface area contributed by atoms with Crippen molar-refractivity contribution in [2.24, 2.45) is 0 Å². The van der Waals surface area contributed by atoms with Gasteiger partial charge < -0.3 is 14.7 Å². The van der Waals surface area contributed by atoms with Crippen molar-refractivity contribution in [1.29, 1.82) is 0 Å². The van der Waals surface area contributed by atoms with Gasteiger partial charge in [-0.3, -0.25) is 14.6 Å². The van der Waals surface area contributed by atoms with Crippen LogP contribution in [0, 0.1) is 0 Å². The normalized spacial score (nSPS) is 24.1. The molecule has 2 aromatic carbocycles. The molecule has 0 aromatic heterocycles. The lowest BCUT2D eigenvalue weighted by atomic mass is 9.82. The quantitative estimate of drug-likeness (QED) is 0.862. The molecular formula is C23H27N3O3. The van der Waals surface area contributed by atoms with Crippen LogP contribution in [0.15, 0.2) is 54.6 Å². The molecule has 3 heterocycles. The number of ether oxygens (including phenoxy) is 1. The van der Waals surface area contributed by atoms with E-state index in [0.717, 1.165) is 57.0 Å². The summed E-state index contributed by atoms with van der Waals surface area (Å²) in [7, 11) is 0. The molecule has 152 valence electrons. The number of phenols is 1. The summed E-state index contributed by atoms with van der Waals surface area (Å²) >= 11 is 0. The van der Waals surface area contributed by atoms with Crippen LogP contribution in [-0.4, -0.2) is 83.2 Å². The Hall–Kier alpha value is -2.41. The van der Waals surface area contributed by atoms with Crippen LogP contribution in [0.25, 0.3) is 0 Å². The topological polar surface area (TPSA) is 56.2 Å². The molecule has 1 atom stereocenters. The van der Waals surface area contributed by atoms with Crippen LogP contribution in [0.5, 0.6) is 5.75 Å². The molecule has 3 fully saturated rings. The highest BCUT2D eigenvalue weighted by Gasteiger charge is 2.54. The lowest BCUT2D eigenvalue weighted by molar-refractivity contribution is -0.160. The zero-order chi connectivity index (χ0) is 19.8. The zero-order valence-corrected chi connectivity index (χ0v) is 16.5. The van der Waals surface area contributed by atoms with E-state index in [1.54, 1.807) is 6.07 Å². The van der Waals surface area contributed by atoms with Crippen LogP contribution in [0.4, 0.5) is 0 Å². The van der Waals surface area contributed by atoms with Gasteiger partial charge in [0, 0.05) is 50.4 Å². The molecule has 0 bridgehead atoms. The molecule has 6 nitrogen and oxygen atoms in total. The third kappa shape index (κ3) is 3.41. The average molecular weight is 393 g/mol. The van der Waals surface area contributed by atoms with E-state index in [4.69, 9.17) is 4.74 Å². The third-order valence-electron chi connectivity index (χ3n) is 6.48. The highest BCUT2D eigenvalue weighted by molar-refractivity contribution is 5.94. The molecule has 1 N–H and O–H groups in total. The molecule has 29 heavy (non-hydrogen) atoms. The number of morpholine rings is 1. The number of fused-ring (bicyclic) bond motifs is 2. The van der Waals surface area contributed by atoms with Gasteiger partial charge in [0.05, 0.1) is 24.8 Å². The summed E-state index contributed by atoms with van der Waals surface area (Å²) in [5, 5.41) is 10.1. The molecule has 1 spiro atoms. The molecule has 1 amide bonds. The van der Waals surface area contributed by atoms with E-state index < -0.39 is 0 Å². The highest BCUT2D eigenvalue weighted by Crippen LogP contribution is 2.37. The first-order valence-corrected chi connectivity index (χ1v) is 10.3. The molecule has 2 aromatic rings. The molecule has 3 aliphatic heterocycles. The van der Waals surface area contributed by atoms with E-state index in [-0.39, 0.29) is 17.5 Å². The first kappa shape index (κ1) is 18.6. The minimum absolute atomic E-state index is 0.0263. The predicted molar refractivity (Wildman–Crippen MR) is 110 cm³/mol. The summed E-state index contributed by atoms with van der Waals surface area (Å²) in [6.07, 6.45) is 0. The van der Waals surface area contributed by atoms with E-state index in [1.165, 1.54) is 0 Å². The van der Waals surface area contributed by atoms with E-state index in [1.807, 2.05) is 53.4 Å². The van der Waals surface area contributed by atoms with E-state index in [0.29, 0.717) is 12.4 Å². The Kier molecular flexibility index (Phi) is 4.78. The van der Waals surface area contributed by atoms with Gasteiger partial charge in [-0.15, -0.1) is 0 Å². The number of para-hydroxylation sites is 1. The number of nitrogens with zero attached hydrogens (tertiary/aromatic N) is 3. The number of benzene rings is 2. The molecule has 0 aliphatic carbocycles. The Morgan fingerprint density at radius 2 is 1.83 bits per heavy atom. The number of likely N-dealkylation sites (tertiary alicyclic amines) is 1. The third-order valence-corrected chi connectivity index (χ3v) is 6.48. The second kappa shape index (κ2) is 7.44. The van der Waals surface area contributed by atoms with E-state index >= 15 is 0 Å². The Morgan fingerprint density at radius 1 is 1.07 bits per heavy atom. The number of hydrogen-bond donors (Lipinski definition) is 1. The van der Waals surface area contributed by atoms with Crippen LogP contribution >= 0.6 is 0 Å². The van der Waals surface area contributed by atoms with Gasteiger partial charge in [-0.1, -0.05) is 36.4 Å². The Balaban J connectivity index is 1.34. The molecule has 6 heteroatoms. The average Bonchev–Trinajstić information content (AvgIpc) is 2.74. The summed E-state index contributed by atoms with van der Waals surface area (Å²) in [6, 6.07) is 17.3. The summed E-state index contributed by atoms with van der Waals surface area (Å²) in [4.78, 5) is 20.1. The molecule has 3 aliphatic rings. The summed E-state index contributed by atoms with van der Waals surface area (Å²) in [5.74, 6) is 0.455. The smallest absolute Gasteiger partial charge is 0.253 e. The minimum atomic E-state index is -0.0263. The zero-order valence-electron chi connectivity index (χ0n) is 16.5. The molecule has 0 saturated carbocycles. The molecule has 0 unspecified atom stereocenters. The van der Waals surface area contributed by atoms with Crippen LogP contribution < -0.4 is 0 Å². The van der Waals surface area contributed by atoms with Gasteiger partial charge in [-0.2, -0.15) is 0 Å². The lowest BCUT2D eigenvalue weighted by Gasteiger charge is -2.63. The summed E-state index contributed by atoms with van der Waals surface area (Å²) < 4.78 is 5.75. The van der Waals surface area contributed by atoms with Crippen LogP contribution in [0.3, 0.4) is 0 Å². The highest BCUT2D eigenvalue weighted by atomic mass is 16.5. The number of hydrogen-bond acceptors (Lipinski definition) is 5. The maximum Gasteiger partial charge on any atom is 0.253 e. The Morgan fingerprint density at radius 3 is 2.62 bits per heavy atom. The number of rotatable bonds is 3. The van der Waals surface area contributed by atoms with Crippen molar-refractivity contribution in [3.63, 3.8) is 0 Å². The van der Waals surface area contributed by atoms with Crippen molar-refractivity contribution in [3.05, 3.63) is 65.7 Å². The number of carbonyl (C=O) groups excluding carboxylic acids is 1. The number of amides is 1. The van der Waals surface area contributed by atoms with Gasteiger partial charge >= 0.3 is 0 Å². The SMILES string of the molecule is O=C(c1ccccc1)N1C[C@@H]2COCCN2C2(CN(Cc3ccccc3O)C2)C1. The number of carbonyl (C=O) groups is 1. The summed E-state index contributed by atoms with van der Waals surface area (Å²) in [5.41, 5.74) is 1.67. The van der Waals surface area contributed by atoms with Crippen molar-refractivity contribution in [1.82, 2.24) is 14.7 Å². The van der Waals surface area contributed by atoms with Gasteiger partial charge in [0.2, 0.25) is 0 Å². The van der Waals surface area contributed by atoms with Crippen LogP contribution in [-0.2, 0) is 11.3 Å². The number of piperazine rings is 1. The number of phenolic OH excluding ortho intramolecular Hbond substituents is 1. The fourth-order valence-corrected chi connectivity index (χ4v) is 5.18. The fourth-order valence-electron chi connectivity index (χ4n) is 5.18. The maximum absolute atomic E-state index is 13.1. The molecule has 3 saturated heterocycles. The Bertz CT molecular complexity index is 882. The van der Waals surface area contributed by atoms with E-state index in [2.05, 4.69) is 9.80 Å². The standard InChI is InChI=1S/C23H27N3O3/c27-21-9-5-4-8-19(21)12-24-15-23(16-24)17-25(13-20-14-29-11-10-26(20)23)22(28)18-6-2-1-3-7-18/h1-9,20,27H,10-17H2/t20-/m1/s1. The van der Waals surface area contributed by atoms with Crippen molar-refractivity contribution >= 4 is 5.91 Å². The van der Waals surface area contributed by atoms with Gasteiger partial charge in [0.25, 0.3) is 5.91 Å². The van der Waals surface area contributed by atoms with Crippen molar-refractivity contribution in [2.75, 3.05) is 45.9 Å². The Labute approximate surface area is 171 Å². The molecule has 0 radical (unpaired) electrons. The van der Waals surface area contributed by atoms with Gasteiger partial charge in [0.1, 0.15) is 5.75 Å². The van der Waals surface area contributed by atoms with Gasteiger partial charge in [0.15, 0.2) is 0 Å². The fraction of sp³-hybridized carbons (Fsp3) is 0.435. The first-order valence-electron chi connectivity index (χ1n) is 10.3. The van der Waals surface area contributed by atoms with Crippen LogP contribution in [0.2, 0.25) is 0 Å². The largest absolute Gasteiger partial charge is 0.508 e. The minimum Gasteiger partial charge on any atom is -0.508 e. The van der Waals surface area contributed by atoms with Crippen LogP contribution in [0.1, 0.15) is 15.9 Å².